The van der Waals surface area contributed by atoms with Crippen molar-refractivity contribution in [3.05, 3.63) is 41.0 Å². The van der Waals surface area contributed by atoms with Crippen molar-refractivity contribution >= 4 is 11.9 Å². The number of aryl methyl sites for hydroxylation is 1. The van der Waals surface area contributed by atoms with Crippen LogP contribution in [0.3, 0.4) is 0 Å². The first kappa shape index (κ1) is 13.1. The Kier molecular flexibility index (Phi) is 4.74. The molecule has 0 aromatic heterocycles. The molecule has 1 aromatic rings. The average Bonchev–Trinajstić information content (AvgIpc) is 2.41. The molecule has 0 N–H and O–H groups in total. The number of carbonyl (C=O) groups is 1. The van der Waals surface area contributed by atoms with Crippen molar-refractivity contribution in [1.29, 1.82) is 0 Å². The molecule has 0 aliphatic heterocycles. The van der Waals surface area contributed by atoms with Crippen LogP contribution in [0.1, 0.15) is 56.6 Å². The molecule has 0 unspecified atom stereocenters. The van der Waals surface area contributed by atoms with Crippen molar-refractivity contribution in [3.8, 4) is 0 Å². The van der Waals surface area contributed by atoms with Gasteiger partial charge in [0, 0.05) is 6.42 Å². The Morgan fingerprint density at radius 2 is 1.83 bits per heavy atom. The molecule has 0 spiro atoms. The fourth-order valence-corrected chi connectivity index (χ4v) is 2.42. The molecular weight excluding hydrogens is 220 g/mol. The van der Waals surface area contributed by atoms with Crippen molar-refractivity contribution in [2.45, 2.75) is 51.9 Å². The van der Waals surface area contributed by atoms with Crippen molar-refractivity contribution in [1.82, 2.24) is 0 Å². The highest BCUT2D eigenvalue weighted by molar-refractivity contribution is 6.00. The second kappa shape index (κ2) is 6.53. The summed E-state index contributed by atoms with van der Waals surface area (Å²) >= 11 is 0. The smallest absolute Gasteiger partial charge is 0.158 e. The molecule has 1 aliphatic carbocycles. The predicted molar refractivity (Wildman–Crippen MR) is 76.5 cm³/mol. The molecule has 2 rings (SSSR count). The van der Waals surface area contributed by atoms with Crippen molar-refractivity contribution in [3.63, 3.8) is 0 Å². The Balaban J connectivity index is 2.05. The standard InChI is InChI=1S/C17H22O/c1-2-3-6-14-9-11-15(12-10-14)13-16-7-4-5-8-17(16)18/h9-13H,2-8H2,1H3/b16-13-. The molecule has 1 fully saturated rings. The highest BCUT2D eigenvalue weighted by atomic mass is 16.1. The molecule has 0 radical (unpaired) electrons. The molecule has 96 valence electrons. The summed E-state index contributed by atoms with van der Waals surface area (Å²) in [6.07, 6.45) is 9.63. The summed E-state index contributed by atoms with van der Waals surface area (Å²) in [5.74, 6) is 0.344. The van der Waals surface area contributed by atoms with Crippen LogP contribution in [0.15, 0.2) is 29.8 Å². The molecule has 18 heavy (non-hydrogen) atoms. The summed E-state index contributed by atoms with van der Waals surface area (Å²) in [7, 11) is 0. The minimum atomic E-state index is 0.344. The van der Waals surface area contributed by atoms with E-state index in [4.69, 9.17) is 0 Å². The number of hydrogen-bond acceptors (Lipinski definition) is 1. The summed E-state index contributed by atoms with van der Waals surface area (Å²) in [6, 6.07) is 8.66. The number of hydrogen-bond donors (Lipinski definition) is 0. The van der Waals surface area contributed by atoms with Gasteiger partial charge in [-0.3, -0.25) is 4.79 Å². The van der Waals surface area contributed by atoms with Gasteiger partial charge in [0.25, 0.3) is 0 Å². The van der Waals surface area contributed by atoms with Gasteiger partial charge in [0.15, 0.2) is 5.78 Å². The molecule has 0 saturated heterocycles. The van der Waals surface area contributed by atoms with Gasteiger partial charge in [-0.05, 0) is 54.9 Å². The molecule has 0 bridgehead atoms. The lowest BCUT2D eigenvalue weighted by Gasteiger charge is -2.12. The maximum absolute atomic E-state index is 11.7. The van der Waals surface area contributed by atoms with Gasteiger partial charge >= 0.3 is 0 Å². The molecule has 0 atom stereocenters. The Morgan fingerprint density at radius 3 is 2.50 bits per heavy atom. The molecule has 1 nitrogen and oxygen atoms in total. The molecule has 0 amide bonds. The maximum atomic E-state index is 11.7. The fraction of sp³-hybridized carbons (Fsp3) is 0.471. The van der Waals surface area contributed by atoms with Gasteiger partial charge in [-0.15, -0.1) is 0 Å². The van der Waals surface area contributed by atoms with Crippen LogP contribution >= 0.6 is 0 Å². The maximum Gasteiger partial charge on any atom is 0.158 e. The van der Waals surface area contributed by atoms with Gasteiger partial charge in [0.1, 0.15) is 0 Å². The summed E-state index contributed by atoms with van der Waals surface area (Å²) in [4.78, 5) is 11.7. The SMILES string of the molecule is CCCCc1ccc(/C=C2/CCCCC2=O)cc1. The lowest BCUT2D eigenvalue weighted by atomic mass is 9.92. The Morgan fingerprint density at radius 1 is 1.11 bits per heavy atom. The van der Waals surface area contributed by atoms with E-state index in [2.05, 4.69) is 37.3 Å². The van der Waals surface area contributed by atoms with Gasteiger partial charge in [-0.2, -0.15) is 0 Å². The second-order valence-corrected chi connectivity index (χ2v) is 5.14. The average molecular weight is 242 g/mol. The van der Waals surface area contributed by atoms with E-state index in [9.17, 15) is 4.79 Å². The fourth-order valence-electron chi connectivity index (χ4n) is 2.42. The van der Waals surface area contributed by atoms with Crippen LogP contribution in [0, 0.1) is 0 Å². The molecule has 1 aliphatic rings. The molecule has 1 aromatic carbocycles. The van der Waals surface area contributed by atoms with Crippen LogP contribution in [-0.2, 0) is 11.2 Å². The largest absolute Gasteiger partial charge is 0.295 e. The van der Waals surface area contributed by atoms with Crippen LogP contribution in [-0.4, -0.2) is 5.78 Å². The minimum absolute atomic E-state index is 0.344. The number of benzene rings is 1. The number of Topliss-reactive ketones (excluding diaryl/α,β-unsaturated/α-hetero) is 1. The Labute approximate surface area is 110 Å². The Hall–Kier alpha value is -1.37. The topological polar surface area (TPSA) is 17.1 Å². The summed E-state index contributed by atoms with van der Waals surface area (Å²) in [6.45, 7) is 2.22. The molecule has 0 heterocycles. The van der Waals surface area contributed by atoms with E-state index in [-0.39, 0.29) is 0 Å². The van der Waals surface area contributed by atoms with E-state index in [0.717, 1.165) is 37.7 Å². The third-order valence-electron chi connectivity index (χ3n) is 3.60. The van der Waals surface area contributed by atoms with Gasteiger partial charge in [-0.1, -0.05) is 37.6 Å². The number of unbranched alkanes of at least 4 members (excludes halogenated alkanes) is 1. The van der Waals surface area contributed by atoms with Crippen LogP contribution in [0.2, 0.25) is 0 Å². The zero-order valence-electron chi connectivity index (χ0n) is 11.2. The summed E-state index contributed by atoms with van der Waals surface area (Å²) < 4.78 is 0. The zero-order chi connectivity index (χ0) is 12.8. The van der Waals surface area contributed by atoms with Crippen LogP contribution in [0.5, 0.6) is 0 Å². The molecule has 1 saturated carbocycles. The number of rotatable bonds is 4. The van der Waals surface area contributed by atoms with Gasteiger partial charge in [-0.25, -0.2) is 0 Å². The van der Waals surface area contributed by atoms with Crippen LogP contribution in [0.25, 0.3) is 6.08 Å². The van der Waals surface area contributed by atoms with E-state index in [0.29, 0.717) is 5.78 Å². The highest BCUT2D eigenvalue weighted by Crippen LogP contribution is 2.22. The van der Waals surface area contributed by atoms with E-state index in [1.165, 1.54) is 24.0 Å². The highest BCUT2D eigenvalue weighted by Gasteiger charge is 2.14. The monoisotopic (exact) mass is 242 g/mol. The summed E-state index contributed by atoms with van der Waals surface area (Å²) in [5, 5.41) is 0. The first-order chi connectivity index (χ1) is 8.79. The quantitative estimate of drug-likeness (QED) is 0.708. The predicted octanol–water partition coefficient (Wildman–Crippen LogP) is 4.56. The zero-order valence-corrected chi connectivity index (χ0v) is 11.2. The third kappa shape index (κ3) is 3.56. The van der Waals surface area contributed by atoms with E-state index >= 15 is 0 Å². The van der Waals surface area contributed by atoms with Crippen LogP contribution in [0.4, 0.5) is 0 Å². The van der Waals surface area contributed by atoms with Crippen molar-refractivity contribution in [2.24, 2.45) is 0 Å². The second-order valence-electron chi connectivity index (χ2n) is 5.14. The lowest BCUT2D eigenvalue weighted by molar-refractivity contribution is -0.116. The first-order valence-electron chi connectivity index (χ1n) is 7.12. The normalized spacial score (nSPS) is 18.3. The van der Waals surface area contributed by atoms with Gasteiger partial charge in [0.2, 0.25) is 0 Å². The summed E-state index contributed by atoms with van der Waals surface area (Å²) in [5.41, 5.74) is 3.58. The third-order valence-corrected chi connectivity index (χ3v) is 3.60. The van der Waals surface area contributed by atoms with Crippen molar-refractivity contribution in [2.75, 3.05) is 0 Å². The van der Waals surface area contributed by atoms with Gasteiger partial charge in [0.05, 0.1) is 0 Å². The van der Waals surface area contributed by atoms with Gasteiger partial charge < -0.3 is 0 Å². The van der Waals surface area contributed by atoms with Crippen molar-refractivity contribution < 1.29 is 4.79 Å². The van der Waals surface area contributed by atoms with Crippen LogP contribution < -0.4 is 0 Å². The molecule has 1 heteroatoms. The Bertz CT molecular complexity index is 425. The van der Waals surface area contributed by atoms with E-state index in [1.807, 2.05) is 0 Å². The molecular formula is C17H22O. The van der Waals surface area contributed by atoms with E-state index in [1.54, 1.807) is 0 Å². The number of ketones is 1. The van der Waals surface area contributed by atoms with E-state index < -0.39 is 0 Å². The number of carbonyl (C=O) groups excluding carboxylic acids is 1. The first-order valence-corrected chi connectivity index (χ1v) is 7.12. The number of allylic oxidation sites excluding steroid dienone is 1. The lowest BCUT2D eigenvalue weighted by Crippen LogP contribution is -2.07. The minimum Gasteiger partial charge on any atom is -0.295 e.